The van der Waals surface area contributed by atoms with Crippen LogP contribution in [0.4, 0.5) is 4.79 Å². The minimum atomic E-state index is -0.904. The highest BCUT2D eigenvalue weighted by molar-refractivity contribution is 5.66. The van der Waals surface area contributed by atoms with E-state index in [9.17, 15) is 4.79 Å². The number of carbonyl (C=O) groups is 1. The molecule has 0 radical (unpaired) electrons. The second-order valence-electron chi connectivity index (χ2n) is 4.18. The summed E-state index contributed by atoms with van der Waals surface area (Å²) in [5, 5.41) is 12.4. The van der Waals surface area contributed by atoms with E-state index in [0.29, 0.717) is 19.6 Å². The monoisotopic (exact) mass is 236 g/mol. The Morgan fingerprint density at radius 2 is 2.35 bits per heavy atom. The summed E-state index contributed by atoms with van der Waals surface area (Å²) >= 11 is 0. The normalized spacial score (nSPS) is 20.4. The van der Waals surface area contributed by atoms with Gasteiger partial charge in [-0.15, -0.1) is 0 Å². The Hall–Kier alpha value is -1.69. The van der Waals surface area contributed by atoms with Crippen LogP contribution in [0, 0.1) is 13.8 Å². The Morgan fingerprint density at radius 1 is 1.59 bits per heavy atom. The van der Waals surface area contributed by atoms with Crippen LogP contribution in [0.25, 0.3) is 0 Å². The van der Waals surface area contributed by atoms with Crippen molar-refractivity contribution in [2.24, 2.45) is 0 Å². The van der Waals surface area contributed by atoms with Crippen LogP contribution < -0.4 is 5.32 Å². The first-order valence-corrected chi connectivity index (χ1v) is 5.60. The first kappa shape index (κ1) is 11.8. The number of nitrogens with one attached hydrogen (secondary N) is 1. The Kier molecular flexibility index (Phi) is 3.23. The average molecular weight is 236 g/mol. The number of hydrogen-bond acceptors (Lipinski definition) is 4. The van der Waals surface area contributed by atoms with Crippen LogP contribution in [0.5, 0.6) is 0 Å². The molecule has 0 aromatic carbocycles. The lowest BCUT2D eigenvalue weighted by Crippen LogP contribution is -2.48. The lowest BCUT2D eigenvalue weighted by molar-refractivity contribution is 0.111. The molecule has 1 aromatic heterocycles. The van der Waals surface area contributed by atoms with E-state index >= 15 is 0 Å². The molecule has 6 heteroatoms. The molecule has 1 saturated heterocycles. The van der Waals surface area contributed by atoms with E-state index in [4.69, 9.17) is 5.11 Å². The number of amides is 1. The van der Waals surface area contributed by atoms with Gasteiger partial charge in [-0.25, -0.2) is 4.79 Å². The van der Waals surface area contributed by atoms with Gasteiger partial charge in [-0.05, 0) is 13.8 Å². The zero-order valence-electron chi connectivity index (χ0n) is 9.97. The first-order valence-electron chi connectivity index (χ1n) is 5.60. The Balaban J connectivity index is 2.32. The molecule has 1 aliphatic heterocycles. The van der Waals surface area contributed by atoms with Gasteiger partial charge in [0, 0.05) is 25.8 Å². The van der Waals surface area contributed by atoms with Gasteiger partial charge in [0.1, 0.15) is 0 Å². The summed E-state index contributed by atoms with van der Waals surface area (Å²) < 4.78 is 0. The SMILES string of the molecule is Cc1cnc(C2CNCCN2C(=O)O)c(C)n1. The maximum Gasteiger partial charge on any atom is 0.407 e. The van der Waals surface area contributed by atoms with E-state index < -0.39 is 6.09 Å². The van der Waals surface area contributed by atoms with Gasteiger partial charge in [0.05, 0.1) is 23.1 Å². The molecular formula is C11H16N4O2. The standard InChI is InChI=1S/C11H16N4O2/c1-7-5-13-10(8(2)14-7)9-6-12-3-4-15(9)11(16)17/h5,9,12H,3-4,6H2,1-2H3,(H,16,17). The molecule has 0 spiro atoms. The van der Waals surface area contributed by atoms with Gasteiger partial charge >= 0.3 is 6.09 Å². The van der Waals surface area contributed by atoms with Crippen molar-refractivity contribution in [2.45, 2.75) is 19.9 Å². The van der Waals surface area contributed by atoms with E-state index in [0.717, 1.165) is 17.1 Å². The fourth-order valence-corrected chi connectivity index (χ4v) is 2.11. The summed E-state index contributed by atoms with van der Waals surface area (Å²) in [6, 6.07) is -0.241. The van der Waals surface area contributed by atoms with E-state index in [1.807, 2.05) is 13.8 Å². The minimum absolute atomic E-state index is 0.241. The third-order valence-corrected chi connectivity index (χ3v) is 2.91. The molecule has 1 atom stereocenters. The molecule has 0 bridgehead atoms. The van der Waals surface area contributed by atoms with Gasteiger partial charge in [-0.3, -0.25) is 14.9 Å². The predicted octanol–water partition coefficient (Wildman–Crippen LogP) is 0.718. The maximum absolute atomic E-state index is 11.2. The molecule has 1 fully saturated rings. The zero-order chi connectivity index (χ0) is 12.4. The highest BCUT2D eigenvalue weighted by Gasteiger charge is 2.29. The molecule has 2 heterocycles. The molecule has 1 aliphatic rings. The van der Waals surface area contributed by atoms with Crippen molar-refractivity contribution >= 4 is 6.09 Å². The van der Waals surface area contributed by atoms with Gasteiger partial charge < -0.3 is 10.4 Å². The Morgan fingerprint density at radius 3 is 3.00 bits per heavy atom. The number of hydrogen-bond donors (Lipinski definition) is 2. The minimum Gasteiger partial charge on any atom is -0.465 e. The third-order valence-electron chi connectivity index (χ3n) is 2.91. The van der Waals surface area contributed by atoms with E-state index in [2.05, 4.69) is 15.3 Å². The third kappa shape index (κ3) is 2.36. The fraction of sp³-hybridized carbons (Fsp3) is 0.545. The topological polar surface area (TPSA) is 78.4 Å². The van der Waals surface area contributed by atoms with Gasteiger partial charge in [0.25, 0.3) is 0 Å². The molecular weight excluding hydrogens is 220 g/mol. The Bertz CT molecular complexity index is 435. The lowest BCUT2D eigenvalue weighted by atomic mass is 10.1. The number of carboxylic acid groups (broad SMARTS) is 1. The molecule has 0 aliphatic carbocycles. The number of rotatable bonds is 1. The van der Waals surface area contributed by atoms with Crippen LogP contribution in [0.15, 0.2) is 6.20 Å². The second-order valence-corrected chi connectivity index (χ2v) is 4.18. The molecule has 1 amide bonds. The van der Waals surface area contributed by atoms with Crippen LogP contribution in [-0.4, -0.2) is 45.7 Å². The Labute approximate surface area is 99.7 Å². The summed E-state index contributed by atoms with van der Waals surface area (Å²) in [6.07, 6.45) is 0.773. The highest BCUT2D eigenvalue weighted by Crippen LogP contribution is 2.22. The second kappa shape index (κ2) is 4.67. The molecule has 6 nitrogen and oxygen atoms in total. The maximum atomic E-state index is 11.2. The largest absolute Gasteiger partial charge is 0.465 e. The lowest BCUT2D eigenvalue weighted by Gasteiger charge is -2.34. The van der Waals surface area contributed by atoms with Gasteiger partial charge in [-0.1, -0.05) is 0 Å². The van der Waals surface area contributed by atoms with Crippen LogP contribution in [0.3, 0.4) is 0 Å². The van der Waals surface area contributed by atoms with E-state index in [-0.39, 0.29) is 6.04 Å². The summed E-state index contributed by atoms with van der Waals surface area (Å²) in [5.41, 5.74) is 2.38. The molecule has 0 saturated carbocycles. The molecule has 1 aromatic rings. The van der Waals surface area contributed by atoms with Gasteiger partial charge in [0.2, 0.25) is 0 Å². The predicted molar refractivity (Wildman–Crippen MR) is 61.8 cm³/mol. The van der Waals surface area contributed by atoms with Crippen molar-refractivity contribution in [3.63, 3.8) is 0 Å². The molecule has 2 N–H and O–H groups in total. The fourth-order valence-electron chi connectivity index (χ4n) is 2.11. The molecule has 2 rings (SSSR count). The smallest absolute Gasteiger partial charge is 0.407 e. The van der Waals surface area contributed by atoms with Crippen molar-refractivity contribution in [2.75, 3.05) is 19.6 Å². The zero-order valence-corrected chi connectivity index (χ0v) is 9.97. The number of nitrogens with zero attached hydrogens (tertiary/aromatic N) is 3. The summed E-state index contributed by atoms with van der Waals surface area (Å²) in [4.78, 5) is 21.2. The van der Waals surface area contributed by atoms with Crippen molar-refractivity contribution < 1.29 is 9.90 Å². The van der Waals surface area contributed by atoms with Crippen LogP contribution in [0.2, 0.25) is 0 Å². The van der Waals surface area contributed by atoms with Crippen LogP contribution in [0.1, 0.15) is 23.1 Å². The van der Waals surface area contributed by atoms with E-state index in [1.165, 1.54) is 4.90 Å². The van der Waals surface area contributed by atoms with Crippen LogP contribution >= 0.6 is 0 Å². The number of piperazine rings is 1. The first-order chi connectivity index (χ1) is 8.09. The molecule has 1 unspecified atom stereocenters. The number of aryl methyl sites for hydroxylation is 2. The van der Waals surface area contributed by atoms with E-state index in [1.54, 1.807) is 6.20 Å². The molecule has 92 valence electrons. The molecule has 17 heavy (non-hydrogen) atoms. The van der Waals surface area contributed by atoms with Gasteiger partial charge in [-0.2, -0.15) is 0 Å². The average Bonchev–Trinajstić information content (AvgIpc) is 2.29. The van der Waals surface area contributed by atoms with Crippen molar-refractivity contribution in [1.29, 1.82) is 0 Å². The summed E-state index contributed by atoms with van der Waals surface area (Å²) in [7, 11) is 0. The van der Waals surface area contributed by atoms with Crippen molar-refractivity contribution in [3.8, 4) is 0 Å². The van der Waals surface area contributed by atoms with Crippen molar-refractivity contribution in [3.05, 3.63) is 23.3 Å². The van der Waals surface area contributed by atoms with Gasteiger partial charge in [0.15, 0.2) is 0 Å². The number of aromatic nitrogens is 2. The summed E-state index contributed by atoms with van der Waals surface area (Å²) in [5.74, 6) is 0. The summed E-state index contributed by atoms with van der Waals surface area (Å²) in [6.45, 7) is 5.49. The quantitative estimate of drug-likeness (QED) is 0.751. The van der Waals surface area contributed by atoms with Crippen LogP contribution in [-0.2, 0) is 0 Å². The van der Waals surface area contributed by atoms with Crippen molar-refractivity contribution in [1.82, 2.24) is 20.2 Å². The highest BCUT2D eigenvalue weighted by atomic mass is 16.4.